The van der Waals surface area contributed by atoms with Gasteiger partial charge in [-0.15, -0.1) is 0 Å². The zero-order valence-corrected chi connectivity index (χ0v) is 12.0. The largest absolute Gasteiger partial charge is 0.350 e. The molecule has 5 nitrogen and oxygen atoms in total. The zero-order valence-electron chi connectivity index (χ0n) is 11.1. The van der Waals surface area contributed by atoms with Gasteiger partial charge in [0.2, 0.25) is 5.91 Å². The average Bonchev–Trinajstić information content (AvgIpc) is 2.98. The first-order chi connectivity index (χ1) is 9.24. The van der Waals surface area contributed by atoms with Crippen molar-refractivity contribution in [1.82, 2.24) is 15.1 Å². The fourth-order valence-electron chi connectivity index (χ4n) is 3.41. The van der Waals surface area contributed by atoms with E-state index < -0.39 is 0 Å². The van der Waals surface area contributed by atoms with Crippen LogP contribution >= 0.6 is 11.8 Å². The van der Waals surface area contributed by atoms with E-state index in [1.807, 2.05) is 0 Å². The Morgan fingerprint density at radius 1 is 1.26 bits per heavy atom. The topological polar surface area (TPSA) is 52.7 Å². The third-order valence-electron chi connectivity index (χ3n) is 4.38. The molecule has 19 heavy (non-hydrogen) atoms. The molecule has 3 rings (SSSR count). The number of nitrogens with zero attached hydrogens (tertiary/aromatic N) is 2. The van der Waals surface area contributed by atoms with Gasteiger partial charge in [0, 0.05) is 30.9 Å². The van der Waals surface area contributed by atoms with Crippen LogP contribution in [0.4, 0.5) is 4.79 Å². The summed E-state index contributed by atoms with van der Waals surface area (Å²) in [7, 11) is 0. The highest BCUT2D eigenvalue weighted by Crippen LogP contribution is 2.27. The summed E-state index contributed by atoms with van der Waals surface area (Å²) >= 11 is 1.31. The van der Waals surface area contributed by atoms with Gasteiger partial charge in [-0.25, -0.2) is 0 Å². The van der Waals surface area contributed by atoms with Crippen LogP contribution in [-0.2, 0) is 4.79 Å². The third-order valence-corrected chi connectivity index (χ3v) is 5.27. The van der Waals surface area contributed by atoms with Crippen LogP contribution in [0, 0.1) is 0 Å². The molecular weight excluding hydrogens is 262 g/mol. The number of rotatable bonds is 3. The number of fused-ring (bicyclic) bond motifs is 1. The molecule has 2 atom stereocenters. The Bertz CT molecular complexity index is 377. The first-order valence-corrected chi connectivity index (χ1v) is 8.18. The van der Waals surface area contributed by atoms with Gasteiger partial charge in [-0.05, 0) is 25.8 Å². The second-order valence-electron chi connectivity index (χ2n) is 5.60. The van der Waals surface area contributed by atoms with Gasteiger partial charge in [0.15, 0.2) is 0 Å². The average molecular weight is 283 g/mol. The predicted octanol–water partition coefficient (Wildman–Crippen LogP) is 0.898. The molecule has 0 aromatic rings. The Morgan fingerprint density at radius 2 is 2.16 bits per heavy atom. The van der Waals surface area contributed by atoms with Crippen LogP contribution in [-0.4, -0.2) is 65.0 Å². The van der Waals surface area contributed by atoms with E-state index in [0.717, 1.165) is 18.7 Å². The highest BCUT2D eigenvalue weighted by molar-refractivity contribution is 8.13. The van der Waals surface area contributed by atoms with Crippen molar-refractivity contribution in [2.45, 2.75) is 37.8 Å². The lowest BCUT2D eigenvalue weighted by molar-refractivity contribution is -0.122. The van der Waals surface area contributed by atoms with E-state index in [1.54, 1.807) is 4.90 Å². The number of hydrogen-bond donors (Lipinski definition) is 1. The molecule has 0 radical (unpaired) electrons. The lowest BCUT2D eigenvalue weighted by atomic mass is 9.99. The van der Waals surface area contributed by atoms with Crippen LogP contribution in [0.15, 0.2) is 0 Å². The fourth-order valence-corrected chi connectivity index (χ4v) is 4.24. The molecule has 1 N–H and O–H groups in total. The maximum atomic E-state index is 12.0. The summed E-state index contributed by atoms with van der Waals surface area (Å²) in [6.07, 6.45) is 4.81. The number of carbonyl (C=O) groups excluding carboxylic acids is 2. The lowest BCUT2D eigenvalue weighted by Crippen LogP contribution is -2.49. The quantitative estimate of drug-likeness (QED) is 0.836. The number of nitrogens with one attached hydrogen (secondary N) is 1. The molecule has 0 bridgehead atoms. The van der Waals surface area contributed by atoms with Gasteiger partial charge in [0.25, 0.3) is 5.24 Å². The van der Waals surface area contributed by atoms with Crippen molar-refractivity contribution in [3.05, 3.63) is 0 Å². The summed E-state index contributed by atoms with van der Waals surface area (Å²) in [5, 5.41) is 3.18. The summed E-state index contributed by atoms with van der Waals surface area (Å²) < 4.78 is 0. The van der Waals surface area contributed by atoms with Crippen molar-refractivity contribution in [2.75, 3.05) is 31.9 Å². The van der Waals surface area contributed by atoms with Crippen LogP contribution in [0.25, 0.3) is 0 Å². The minimum absolute atomic E-state index is 0.00766. The van der Waals surface area contributed by atoms with Crippen molar-refractivity contribution >= 4 is 22.9 Å². The number of piperidine rings is 1. The predicted molar refractivity (Wildman–Crippen MR) is 75.2 cm³/mol. The van der Waals surface area contributed by atoms with Crippen molar-refractivity contribution in [1.29, 1.82) is 0 Å². The molecular formula is C13H21N3O2S. The smallest absolute Gasteiger partial charge is 0.282 e. The number of hydrogen-bond acceptors (Lipinski definition) is 4. The molecule has 106 valence electrons. The van der Waals surface area contributed by atoms with E-state index in [9.17, 15) is 9.59 Å². The van der Waals surface area contributed by atoms with Gasteiger partial charge < -0.3 is 10.2 Å². The van der Waals surface area contributed by atoms with Gasteiger partial charge in [-0.1, -0.05) is 18.2 Å². The van der Waals surface area contributed by atoms with E-state index in [2.05, 4.69) is 10.2 Å². The Hall–Kier alpha value is -0.750. The molecule has 3 aliphatic heterocycles. The molecule has 0 saturated carbocycles. The standard InChI is InChI=1S/C13H21N3O2S/c17-12(9-16-7-8-19-13(16)18)14-10-4-6-15-5-2-1-3-11(10)15/h10-11H,1-9H2,(H,14,17)/t10-,11-/m0/s1. The SMILES string of the molecule is O=C(CN1CCSC1=O)N[C@H]1CCN2CCCC[C@@H]12. The Balaban J connectivity index is 1.50. The molecule has 2 amide bonds. The van der Waals surface area contributed by atoms with Crippen molar-refractivity contribution < 1.29 is 9.59 Å². The molecule has 3 aliphatic rings. The molecule has 0 unspecified atom stereocenters. The molecule has 6 heteroatoms. The van der Waals surface area contributed by atoms with E-state index in [0.29, 0.717) is 12.6 Å². The summed E-state index contributed by atoms with van der Waals surface area (Å²) in [6, 6.07) is 0.819. The second kappa shape index (κ2) is 5.71. The monoisotopic (exact) mass is 283 g/mol. The summed E-state index contributed by atoms with van der Waals surface area (Å²) in [6.45, 7) is 3.22. The Morgan fingerprint density at radius 3 is 2.95 bits per heavy atom. The van der Waals surface area contributed by atoms with E-state index in [4.69, 9.17) is 0 Å². The summed E-state index contributed by atoms with van der Waals surface area (Å²) in [4.78, 5) is 27.7. The van der Waals surface area contributed by atoms with Gasteiger partial charge in [-0.2, -0.15) is 0 Å². The first-order valence-electron chi connectivity index (χ1n) is 7.19. The fraction of sp³-hybridized carbons (Fsp3) is 0.846. The highest BCUT2D eigenvalue weighted by Gasteiger charge is 2.36. The molecule has 3 fully saturated rings. The highest BCUT2D eigenvalue weighted by atomic mass is 32.2. The number of amides is 2. The lowest BCUT2D eigenvalue weighted by Gasteiger charge is -2.32. The maximum Gasteiger partial charge on any atom is 0.282 e. The van der Waals surface area contributed by atoms with Crippen LogP contribution in [0.3, 0.4) is 0 Å². The molecule has 0 aromatic heterocycles. The minimum atomic E-state index is 0.00766. The van der Waals surface area contributed by atoms with Gasteiger partial charge in [-0.3, -0.25) is 14.5 Å². The van der Waals surface area contributed by atoms with Crippen molar-refractivity contribution in [3.8, 4) is 0 Å². The van der Waals surface area contributed by atoms with Gasteiger partial charge >= 0.3 is 0 Å². The Kier molecular flexibility index (Phi) is 3.98. The van der Waals surface area contributed by atoms with E-state index in [1.165, 1.54) is 37.6 Å². The first kappa shape index (κ1) is 13.2. The van der Waals surface area contributed by atoms with Gasteiger partial charge in [0.05, 0.1) is 0 Å². The van der Waals surface area contributed by atoms with Crippen LogP contribution in [0.5, 0.6) is 0 Å². The normalized spacial score (nSPS) is 31.6. The molecule has 0 spiro atoms. The zero-order chi connectivity index (χ0) is 13.2. The summed E-state index contributed by atoms with van der Waals surface area (Å²) in [5.74, 6) is 0.819. The molecule has 3 heterocycles. The van der Waals surface area contributed by atoms with Gasteiger partial charge in [0.1, 0.15) is 6.54 Å². The van der Waals surface area contributed by atoms with E-state index in [-0.39, 0.29) is 23.7 Å². The van der Waals surface area contributed by atoms with Crippen LogP contribution < -0.4 is 5.32 Å². The van der Waals surface area contributed by atoms with Crippen LogP contribution in [0.2, 0.25) is 0 Å². The number of thioether (sulfide) groups is 1. The molecule has 0 aliphatic carbocycles. The van der Waals surface area contributed by atoms with Crippen molar-refractivity contribution in [3.63, 3.8) is 0 Å². The molecule has 3 saturated heterocycles. The third kappa shape index (κ3) is 2.89. The van der Waals surface area contributed by atoms with Crippen molar-refractivity contribution in [2.24, 2.45) is 0 Å². The molecule has 0 aromatic carbocycles. The Labute approximate surface area is 118 Å². The maximum absolute atomic E-state index is 12.0. The minimum Gasteiger partial charge on any atom is -0.350 e. The van der Waals surface area contributed by atoms with Crippen LogP contribution in [0.1, 0.15) is 25.7 Å². The van der Waals surface area contributed by atoms with E-state index >= 15 is 0 Å². The number of carbonyl (C=O) groups is 2. The summed E-state index contributed by atoms with van der Waals surface area (Å²) in [5.41, 5.74) is 0. The second-order valence-corrected chi connectivity index (χ2v) is 6.64.